The molecule has 0 aromatic heterocycles. The van der Waals surface area contributed by atoms with Gasteiger partial charge in [0.15, 0.2) is 0 Å². The van der Waals surface area contributed by atoms with Crippen molar-refractivity contribution >= 4 is 33.5 Å². The number of carboxylic acids is 1. The zero-order valence-electron chi connectivity index (χ0n) is 9.97. The minimum Gasteiger partial charge on any atom is -0.478 e. The van der Waals surface area contributed by atoms with E-state index in [0.717, 1.165) is 12.8 Å². The molecule has 1 aliphatic rings. The van der Waals surface area contributed by atoms with Gasteiger partial charge in [-0.2, -0.15) is 12.7 Å². The van der Waals surface area contributed by atoms with Gasteiger partial charge in [0.1, 0.15) is 5.56 Å². The lowest BCUT2D eigenvalue weighted by Crippen LogP contribution is -2.33. The standard InChI is InChI=1S/C11H13ClN2O4S/c12-8-4-3-5-9(10(8)11(15)16)13-19(17,18)14-6-1-2-7-14/h3-5,13H,1-2,6-7H2,(H,15,16). The molecule has 19 heavy (non-hydrogen) atoms. The summed E-state index contributed by atoms with van der Waals surface area (Å²) in [6, 6.07) is 4.28. The number of benzene rings is 1. The molecule has 104 valence electrons. The number of halogens is 1. The number of carboxylic acid groups (broad SMARTS) is 1. The summed E-state index contributed by atoms with van der Waals surface area (Å²) in [5.41, 5.74) is -0.265. The maximum absolute atomic E-state index is 12.1. The van der Waals surface area contributed by atoms with Gasteiger partial charge in [-0.25, -0.2) is 4.79 Å². The van der Waals surface area contributed by atoms with E-state index in [4.69, 9.17) is 16.7 Å². The monoisotopic (exact) mass is 304 g/mol. The zero-order valence-corrected chi connectivity index (χ0v) is 11.5. The van der Waals surface area contributed by atoms with E-state index >= 15 is 0 Å². The number of aromatic carboxylic acids is 1. The van der Waals surface area contributed by atoms with Crippen LogP contribution in [0.15, 0.2) is 18.2 Å². The van der Waals surface area contributed by atoms with Crippen LogP contribution in [0, 0.1) is 0 Å². The number of anilines is 1. The Balaban J connectivity index is 2.33. The predicted molar refractivity (Wildman–Crippen MR) is 71.8 cm³/mol. The Bertz CT molecular complexity index is 597. The Morgan fingerprint density at radius 1 is 1.32 bits per heavy atom. The van der Waals surface area contributed by atoms with Crippen molar-refractivity contribution in [3.05, 3.63) is 28.8 Å². The van der Waals surface area contributed by atoms with Crippen molar-refractivity contribution in [2.24, 2.45) is 0 Å². The smallest absolute Gasteiger partial charge is 0.339 e. The summed E-state index contributed by atoms with van der Waals surface area (Å²) >= 11 is 5.78. The molecule has 1 aliphatic heterocycles. The third-order valence-electron chi connectivity index (χ3n) is 2.87. The summed E-state index contributed by atoms with van der Waals surface area (Å²) in [5, 5.41) is 9.07. The van der Waals surface area contributed by atoms with Gasteiger partial charge < -0.3 is 5.11 Å². The van der Waals surface area contributed by atoms with Crippen molar-refractivity contribution in [2.75, 3.05) is 17.8 Å². The number of carbonyl (C=O) groups is 1. The fraction of sp³-hybridized carbons (Fsp3) is 0.364. The first-order chi connectivity index (χ1) is 8.92. The Morgan fingerprint density at radius 3 is 2.53 bits per heavy atom. The molecule has 0 atom stereocenters. The topological polar surface area (TPSA) is 86.7 Å². The number of hydrogen-bond donors (Lipinski definition) is 2. The van der Waals surface area contributed by atoms with E-state index < -0.39 is 16.2 Å². The maximum atomic E-state index is 12.1. The Kier molecular flexibility index (Phi) is 3.98. The lowest BCUT2D eigenvalue weighted by molar-refractivity contribution is 0.0698. The van der Waals surface area contributed by atoms with Crippen LogP contribution in [-0.2, 0) is 10.2 Å². The molecule has 0 saturated carbocycles. The minimum atomic E-state index is -3.72. The predicted octanol–water partition coefficient (Wildman–Crippen LogP) is 1.79. The lowest BCUT2D eigenvalue weighted by Gasteiger charge is -2.18. The van der Waals surface area contributed by atoms with Crippen molar-refractivity contribution in [3.8, 4) is 0 Å². The molecule has 1 heterocycles. The normalized spacial score (nSPS) is 16.5. The summed E-state index contributed by atoms with van der Waals surface area (Å²) in [7, 11) is -3.72. The first kappa shape index (κ1) is 14.1. The highest BCUT2D eigenvalue weighted by atomic mass is 35.5. The molecule has 2 N–H and O–H groups in total. The molecule has 1 saturated heterocycles. The third kappa shape index (κ3) is 2.99. The van der Waals surface area contributed by atoms with Crippen molar-refractivity contribution in [1.29, 1.82) is 0 Å². The molecule has 1 aromatic carbocycles. The van der Waals surface area contributed by atoms with Gasteiger partial charge in [-0.3, -0.25) is 4.72 Å². The van der Waals surface area contributed by atoms with Gasteiger partial charge in [0.2, 0.25) is 0 Å². The highest BCUT2D eigenvalue weighted by molar-refractivity contribution is 7.90. The van der Waals surface area contributed by atoms with E-state index in [1.807, 2.05) is 0 Å². The fourth-order valence-corrected chi connectivity index (χ4v) is 3.53. The molecule has 0 amide bonds. The third-order valence-corrected chi connectivity index (χ3v) is 4.71. The van der Waals surface area contributed by atoms with Gasteiger partial charge in [-0.15, -0.1) is 0 Å². The second kappa shape index (κ2) is 5.36. The summed E-state index contributed by atoms with van der Waals surface area (Å²) in [5.74, 6) is -1.27. The van der Waals surface area contributed by atoms with Gasteiger partial charge in [-0.1, -0.05) is 17.7 Å². The van der Waals surface area contributed by atoms with Gasteiger partial charge in [-0.05, 0) is 25.0 Å². The van der Waals surface area contributed by atoms with Crippen LogP contribution in [0.5, 0.6) is 0 Å². The molecule has 0 bridgehead atoms. The Labute approximate surface area is 116 Å². The average Bonchev–Trinajstić information content (AvgIpc) is 2.81. The van der Waals surface area contributed by atoms with Gasteiger partial charge >= 0.3 is 16.2 Å². The van der Waals surface area contributed by atoms with Crippen LogP contribution in [0.25, 0.3) is 0 Å². The summed E-state index contributed by atoms with van der Waals surface area (Å²) in [4.78, 5) is 11.1. The van der Waals surface area contributed by atoms with Crippen LogP contribution in [0.2, 0.25) is 5.02 Å². The summed E-state index contributed by atoms with van der Waals surface area (Å²) in [6.07, 6.45) is 1.62. The molecule has 0 unspecified atom stereocenters. The number of nitrogens with one attached hydrogen (secondary N) is 1. The molecule has 0 spiro atoms. The van der Waals surface area contributed by atoms with Crippen molar-refractivity contribution < 1.29 is 18.3 Å². The molecular formula is C11H13ClN2O4S. The second-order valence-corrected chi connectivity index (χ2v) is 6.26. The van der Waals surface area contributed by atoms with Gasteiger partial charge in [0.05, 0.1) is 10.7 Å². The van der Waals surface area contributed by atoms with Crippen molar-refractivity contribution in [1.82, 2.24) is 4.31 Å². The van der Waals surface area contributed by atoms with Crippen molar-refractivity contribution in [3.63, 3.8) is 0 Å². The van der Waals surface area contributed by atoms with E-state index in [9.17, 15) is 13.2 Å². The Hall–Kier alpha value is -1.31. The first-order valence-electron chi connectivity index (χ1n) is 5.71. The largest absolute Gasteiger partial charge is 0.478 e. The SMILES string of the molecule is O=C(O)c1c(Cl)cccc1NS(=O)(=O)N1CCCC1. The molecule has 1 fully saturated rings. The highest BCUT2D eigenvalue weighted by Crippen LogP contribution is 2.26. The van der Waals surface area contributed by atoms with E-state index in [0.29, 0.717) is 13.1 Å². The van der Waals surface area contributed by atoms with E-state index in [-0.39, 0.29) is 16.3 Å². The van der Waals surface area contributed by atoms with Gasteiger partial charge in [0.25, 0.3) is 0 Å². The van der Waals surface area contributed by atoms with E-state index in [1.54, 1.807) is 0 Å². The van der Waals surface area contributed by atoms with Crippen LogP contribution >= 0.6 is 11.6 Å². The molecule has 1 aromatic rings. The molecule has 0 aliphatic carbocycles. The molecule has 0 radical (unpaired) electrons. The second-order valence-electron chi connectivity index (χ2n) is 4.18. The van der Waals surface area contributed by atoms with E-state index in [2.05, 4.69) is 4.72 Å². The first-order valence-corrected chi connectivity index (χ1v) is 7.53. The zero-order chi connectivity index (χ0) is 14.0. The number of hydrogen-bond acceptors (Lipinski definition) is 3. The lowest BCUT2D eigenvalue weighted by atomic mass is 10.2. The highest BCUT2D eigenvalue weighted by Gasteiger charge is 2.27. The van der Waals surface area contributed by atoms with Gasteiger partial charge in [0, 0.05) is 13.1 Å². The van der Waals surface area contributed by atoms with Crippen LogP contribution in [0.1, 0.15) is 23.2 Å². The Morgan fingerprint density at radius 2 is 1.95 bits per heavy atom. The minimum absolute atomic E-state index is 0.00544. The van der Waals surface area contributed by atoms with Crippen molar-refractivity contribution in [2.45, 2.75) is 12.8 Å². The quantitative estimate of drug-likeness (QED) is 0.888. The molecular weight excluding hydrogens is 292 g/mol. The fourth-order valence-electron chi connectivity index (χ4n) is 1.96. The van der Waals surface area contributed by atoms with Crippen LogP contribution in [-0.4, -0.2) is 36.9 Å². The van der Waals surface area contributed by atoms with E-state index in [1.165, 1.54) is 22.5 Å². The number of rotatable bonds is 4. The summed E-state index contributed by atoms with van der Waals surface area (Å²) in [6.45, 7) is 0.886. The number of nitrogens with zero attached hydrogens (tertiary/aromatic N) is 1. The van der Waals surface area contributed by atoms with Crippen LogP contribution < -0.4 is 4.72 Å². The maximum Gasteiger partial charge on any atom is 0.339 e. The summed E-state index contributed by atoms with van der Waals surface area (Å²) < 4.78 is 27.7. The molecule has 6 nitrogen and oxygen atoms in total. The molecule has 2 rings (SSSR count). The molecule has 8 heteroatoms. The van der Waals surface area contributed by atoms with Crippen LogP contribution in [0.3, 0.4) is 0 Å². The average molecular weight is 305 g/mol. The van der Waals surface area contributed by atoms with Crippen LogP contribution in [0.4, 0.5) is 5.69 Å².